The Hall–Kier alpha value is -1.53. The van der Waals surface area contributed by atoms with Crippen molar-refractivity contribution in [2.45, 2.75) is 17.5 Å². The van der Waals surface area contributed by atoms with Crippen molar-refractivity contribution in [3.63, 3.8) is 0 Å². The molecule has 2 saturated heterocycles. The Morgan fingerprint density at radius 2 is 2.22 bits per heavy atom. The Morgan fingerprint density at radius 1 is 1.44 bits per heavy atom. The third-order valence-corrected chi connectivity index (χ3v) is 6.28. The molecule has 0 aliphatic carbocycles. The number of anilines is 1. The normalized spacial score (nSPS) is 27.3. The number of aromatic nitrogens is 1. The smallest absolute Gasteiger partial charge is 0.548 e. The SMILES string of the molecule is Nc1nc(/C(C(=O)NC2C(=O)N3C(C(=O)[O-])CS[C@@H]23)=C2/C=CCO2)cs1.[Na+]. The first-order valence-corrected chi connectivity index (χ1v) is 9.60. The number of hydrogen-bond acceptors (Lipinski definition) is 9. The number of nitrogen functional groups attached to an aromatic ring is 1. The van der Waals surface area contributed by atoms with Gasteiger partial charge in [-0.1, -0.05) is 0 Å². The number of carboxylic acid groups (broad SMARTS) is 1. The van der Waals surface area contributed by atoms with Crippen LogP contribution in [0.15, 0.2) is 23.3 Å². The minimum absolute atomic E-state index is 0. The summed E-state index contributed by atoms with van der Waals surface area (Å²) in [6.07, 6.45) is 3.42. The topological polar surface area (TPSA) is 138 Å². The summed E-state index contributed by atoms with van der Waals surface area (Å²) in [7, 11) is 0. The van der Waals surface area contributed by atoms with Gasteiger partial charge in [0.2, 0.25) is 5.91 Å². The van der Waals surface area contributed by atoms with E-state index in [0.29, 0.717) is 23.2 Å². The van der Waals surface area contributed by atoms with Gasteiger partial charge in [0.25, 0.3) is 5.91 Å². The zero-order valence-electron chi connectivity index (χ0n) is 14.2. The Bertz CT molecular complexity index is 870. The number of β-lactam (4-membered cyclic amide) rings is 1. The molecule has 0 aromatic carbocycles. The van der Waals surface area contributed by atoms with Crippen LogP contribution < -0.4 is 45.7 Å². The monoisotopic (exact) mass is 416 g/mol. The molecular weight excluding hydrogens is 403 g/mol. The second-order valence-corrected chi connectivity index (χ2v) is 7.82. The van der Waals surface area contributed by atoms with Gasteiger partial charge in [0.1, 0.15) is 29.4 Å². The van der Waals surface area contributed by atoms with Gasteiger partial charge in [-0.15, -0.1) is 23.1 Å². The molecule has 3 aliphatic heterocycles. The van der Waals surface area contributed by atoms with Crippen molar-refractivity contribution in [3.8, 4) is 0 Å². The number of allylic oxidation sites excluding steroid dienone is 1. The van der Waals surface area contributed by atoms with Crippen LogP contribution in [0.2, 0.25) is 0 Å². The number of carboxylic acids is 1. The number of thioether (sulfide) groups is 1. The van der Waals surface area contributed by atoms with Crippen LogP contribution >= 0.6 is 23.1 Å². The number of nitrogens with zero attached hydrogens (tertiary/aromatic N) is 2. The molecule has 2 fully saturated rings. The minimum atomic E-state index is -1.29. The number of carbonyl (C=O) groups is 3. The molecule has 3 aliphatic rings. The third kappa shape index (κ3) is 3.49. The molecule has 0 spiro atoms. The van der Waals surface area contributed by atoms with Crippen molar-refractivity contribution in [1.82, 2.24) is 15.2 Å². The number of nitrogens with two attached hydrogens (primary N) is 1. The van der Waals surface area contributed by atoms with E-state index < -0.39 is 35.2 Å². The van der Waals surface area contributed by atoms with Gasteiger partial charge in [-0.05, 0) is 12.2 Å². The summed E-state index contributed by atoms with van der Waals surface area (Å²) in [6, 6.07) is -1.75. The van der Waals surface area contributed by atoms with Crippen LogP contribution in [-0.2, 0) is 19.1 Å². The summed E-state index contributed by atoms with van der Waals surface area (Å²) < 4.78 is 5.44. The molecule has 0 bridgehead atoms. The fraction of sp³-hybridized carbons (Fsp3) is 0.333. The number of carbonyl (C=O) groups excluding carboxylic acids is 3. The van der Waals surface area contributed by atoms with Gasteiger partial charge in [-0.2, -0.15) is 0 Å². The number of ether oxygens (including phenoxy) is 1. The summed E-state index contributed by atoms with van der Waals surface area (Å²) in [5.41, 5.74) is 6.21. The van der Waals surface area contributed by atoms with Crippen LogP contribution in [0.1, 0.15) is 5.69 Å². The number of amides is 2. The van der Waals surface area contributed by atoms with Gasteiger partial charge >= 0.3 is 29.6 Å². The molecule has 27 heavy (non-hydrogen) atoms. The van der Waals surface area contributed by atoms with E-state index in [2.05, 4.69) is 10.3 Å². The van der Waals surface area contributed by atoms with Crippen molar-refractivity contribution in [3.05, 3.63) is 29.0 Å². The minimum Gasteiger partial charge on any atom is -0.548 e. The van der Waals surface area contributed by atoms with E-state index >= 15 is 0 Å². The van der Waals surface area contributed by atoms with Gasteiger partial charge in [0.05, 0.1) is 17.7 Å². The molecule has 12 heteroatoms. The van der Waals surface area contributed by atoms with Crippen LogP contribution in [0.3, 0.4) is 0 Å². The number of nitrogens with one attached hydrogen (secondary N) is 1. The Labute approximate surface area is 184 Å². The number of aliphatic carboxylic acids is 1. The molecule has 2 unspecified atom stereocenters. The van der Waals surface area contributed by atoms with Crippen molar-refractivity contribution in [2.75, 3.05) is 18.1 Å². The van der Waals surface area contributed by atoms with E-state index in [9.17, 15) is 19.5 Å². The quantitative estimate of drug-likeness (QED) is 0.285. The van der Waals surface area contributed by atoms with Gasteiger partial charge in [0.15, 0.2) is 5.13 Å². The van der Waals surface area contributed by atoms with E-state index in [4.69, 9.17) is 10.5 Å². The first-order valence-electron chi connectivity index (χ1n) is 7.68. The largest absolute Gasteiger partial charge is 1.00 e. The molecule has 1 aromatic rings. The molecule has 1 aromatic heterocycles. The molecule has 3 atom stereocenters. The fourth-order valence-electron chi connectivity index (χ4n) is 3.05. The maximum absolute atomic E-state index is 12.8. The summed E-state index contributed by atoms with van der Waals surface area (Å²) in [6.45, 7) is 0.341. The first-order chi connectivity index (χ1) is 12.5. The fourth-order valence-corrected chi connectivity index (χ4v) is 5.06. The molecule has 3 N–H and O–H groups in total. The summed E-state index contributed by atoms with van der Waals surface area (Å²) in [4.78, 5) is 41.6. The number of thiazole rings is 1. The van der Waals surface area contributed by atoms with Gasteiger partial charge in [0, 0.05) is 11.1 Å². The summed E-state index contributed by atoms with van der Waals surface area (Å²) in [5.74, 6) is -1.65. The second kappa shape index (κ2) is 7.84. The Morgan fingerprint density at radius 3 is 2.81 bits per heavy atom. The number of fused-ring (bicyclic) bond motifs is 1. The zero-order valence-corrected chi connectivity index (χ0v) is 17.8. The Balaban J connectivity index is 0.00000210. The number of hydrogen-bond donors (Lipinski definition) is 2. The second-order valence-electron chi connectivity index (χ2n) is 5.78. The van der Waals surface area contributed by atoms with Crippen molar-refractivity contribution < 1.29 is 53.8 Å². The van der Waals surface area contributed by atoms with E-state index in [1.165, 1.54) is 28.0 Å². The molecule has 0 radical (unpaired) electrons. The zero-order chi connectivity index (χ0) is 18.4. The maximum Gasteiger partial charge on any atom is 1.00 e. The van der Waals surface area contributed by atoms with Gasteiger partial charge in [-0.3, -0.25) is 9.59 Å². The predicted octanol–water partition coefficient (Wildman–Crippen LogP) is -4.45. The van der Waals surface area contributed by atoms with E-state index in [0.717, 1.165) is 0 Å². The standard InChI is InChI=1S/C15H14N4O5S2.Na/c16-15-17-6(4-26-15)9(8-2-1-3-24-8)11(20)18-10-12(21)19-7(14(22)23)5-25-13(10)19;/h1-2,4,7,10,13H,3,5H2,(H2,16,17)(H,18,20)(H,22,23);/q;+1/p-1/b9-8+;/t7?,10?,13-;/m0./s1. The van der Waals surface area contributed by atoms with Crippen molar-refractivity contribution in [1.29, 1.82) is 0 Å². The molecule has 0 saturated carbocycles. The van der Waals surface area contributed by atoms with E-state index in [1.54, 1.807) is 17.5 Å². The molecule has 9 nitrogen and oxygen atoms in total. The van der Waals surface area contributed by atoms with Crippen molar-refractivity contribution in [2.24, 2.45) is 0 Å². The van der Waals surface area contributed by atoms with Gasteiger partial charge < -0.3 is 30.6 Å². The maximum atomic E-state index is 12.8. The van der Waals surface area contributed by atoms with Crippen LogP contribution in [0.4, 0.5) is 5.13 Å². The third-order valence-electron chi connectivity index (χ3n) is 4.25. The molecular formula is C15H13N4NaO5S2. The molecule has 4 heterocycles. The van der Waals surface area contributed by atoms with Gasteiger partial charge in [-0.25, -0.2) is 4.98 Å². The molecule has 4 rings (SSSR count). The Kier molecular flexibility index (Phi) is 5.87. The van der Waals surface area contributed by atoms with E-state index in [-0.39, 0.29) is 40.9 Å². The average molecular weight is 416 g/mol. The molecule has 136 valence electrons. The van der Waals surface area contributed by atoms with Crippen LogP contribution in [-0.4, -0.2) is 57.5 Å². The molecule has 2 amide bonds. The summed E-state index contributed by atoms with van der Waals surface area (Å²) in [5, 5.41) is 15.3. The van der Waals surface area contributed by atoms with Crippen LogP contribution in [0.25, 0.3) is 5.57 Å². The predicted molar refractivity (Wildman–Crippen MR) is 92.4 cm³/mol. The van der Waals surface area contributed by atoms with Crippen LogP contribution in [0.5, 0.6) is 0 Å². The summed E-state index contributed by atoms with van der Waals surface area (Å²) >= 11 is 2.49. The van der Waals surface area contributed by atoms with Crippen LogP contribution in [0, 0.1) is 0 Å². The number of rotatable bonds is 4. The van der Waals surface area contributed by atoms with Crippen molar-refractivity contribution >= 4 is 51.6 Å². The van der Waals surface area contributed by atoms with E-state index in [1.807, 2.05) is 0 Å². The average Bonchev–Trinajstić information content (AvgIpc) is 3.32. The first kappa shape index (κ1) is 20.2.